The number of hydrogen-bond donors (Lipinski definition) is 1. The van der Waals surface area contributed by atoms with Crippen LogP contribution in [0.3, 0.4) is 0 Å². The lowest BCUT2D eigenvalue weighted by molar-refractivity contribution is 0.0691. The summed E-state index contributed by atoms with van der Waals surface area (Å²) in [6, 6.07) is 5.37. The van der Waals surface area contributed by atoms with Gasteiger partial charge in [0.05, 0.1) is 12.2 Å². The van der Waals surface area contributed by atoms with E-state index in [1.807, 2.05) is 19.9 Å². The van der Waals surface area contributed by atoms with Crippen molar-refractivity contribution >= 4 is 23.8 Å². The number of aliphatic imine (C=N–C) groups is 1. The molecule has 1 aliphatic heterocycles. The van der Waals surface area contributed by atoms with Crippen LogP contribution in [0.25, 0.3) is 5.69 Å². The molecule has 20 heavy (non-hydrogen) atoms. The SMILES string of the molecule is CC.O=C(O)c1cn2c(n1)CN=Cc1cc(Cl)ccc1-2. The van der Waals surface area contributed by atoms with Gasteiger partial charge in [-0.25, -0.2) is 9.78 Å². The standard InChI is InChI=1S/C12H8ClN3O2.C2H6/c13-8-1-2-10-7(3-8)4-14-5-11-15-9(12(17)18)6-16(10)11;1-2/h1-4,6H,5H2,(H,17,18);1-2H3. The number of halogens is 1. The third-order valence-electron chi connectivity index (χ3n) is 2.71. The summed E-state index contributed by atoms with van der Waals surface area (Å²) in [6.45, 7) is 4.35. The lowest BCUT2D eigenvalue weighted by Crippen LogP contribution is -1.99. The number of carboxylic acid groups (broad SMARTS) is 1. The Kier molecular flexibility index (Phi) is 4.20. The second kappa shape index (κ2) is 5.88. The average molecular weight is 292 g/mol. The van der Waals surface area contributed by atoms with Crippen LogP contribution in [0, 0.1) is 0 Å². The van der Waals surface area contributed by atoms with E-state index < -0.39 is 5.97 Å². The Bertz CT molecular complexity index is 677. The molecule has 2 aromatic rings. The number of imidazole rings is 1. The highest BCUT2D eigenvalue weighted by molar-refractivity contribution is 6.31. The van der Waals surface area contributed by atoms with E-state index in [4.69, 9.17) is 16.7 Å². The van der Waals surface area contributed by atoms with Crippen LogP contribution in [0.4, 0.5) is 0 Å². The first kappa shape index (κ1) is 14.3. The van der Waals surface area contributed by atoms with E-state index in [0.29, 0.717) is 17.4 Å². The lowest BCUT2D eigenvalue weighted by atomic mass is 10.2. The van der Waals surface area contributed by atoms with Gasteiger partial charge in [0.2, 0.25) is 0 Å². The molecule has 1 aromatic carbocycles. The first-order valence-electron chi connectivity index (χ1n) is 6.26. The third kappa shape index (κ3) is 2.58. The zero-order valence-electron chi connectivity index (χ0n) is 11.2. The van der Waals surface area contributed by atoms with Crippen LogP contribution in [-0.2, 0) is 6.54 Å². The molecule has 1 aromatic heterocycles. The maximum absolute atomic E-state index is 10.9. The summed E-state index contributed by atoms with van der Waals surface area (Å²) in [4.78, 5) is 19.2. The second-order valence-electron chi connectivity index (χ2n) is 3.89. The van der Waals surface area contributed by atoms with Crippen LogP contribution in [0.5, 0.6) is 0 Å². The largest absolute Gasteiger partial charge is 0.476 e. The number of nitrogens with zero attached hydrogens (tertiary/aromatic N) is 3. The first-order chi connectivity index (χ1) is 9.65. The molecule has 0 aliphatic carbocycles. The Hall–Kier alpha value is -2.14. The van der Waals surface area contributed by atoms with Crippen LogP contribution in [0.1, 0.15) is 35.7 Å². The second-order valence-corrected chi connectivity index (χ2v) is 4.33. The average Bonchev–Trinajstić information content (AvgIpc) is 2.79. The highest BCUT2D eigenvalue weighted by atomic mass is 35.5. The van der Waals surface area contributed by atoms with Gasteiger partial charge in [0.25, 0.3) is 0 Å². The third-order valence-corrected chi connectivity index (χ3v) is 2.95. The summed E-state index contributed by atoms with van der Waals surface area (Å²) in [7, 11) is 0. The Morgan fingerprint density at radius 3 is 2.85 bits per heavy atom. The molecule has 0 unspecified atom stereocenters. The minimum absolute atomic E-state index is 0.0167. The van der Waals surface area contributed by atoms with Crippen molar-refractivity contribution in [2.24, 2.45) is 4.99 Å². The van der Waals surface area contributed by atoms with Gasteiger partial charge in [-0.2, -0.15) is 0 Å². The number of carbonyl (C=O) groups is 1. The van der Waals surface area contributed by atoms with Crippen molar-refractivity contribution < 1.29 is 9.90 Å². The fourth-order valence-electron chi connectivity index (χ4n) is 1.92. The number of benzene rings is 1. The van der Waals surface area contributed by atoms with Crippen molar-refractivity contribution in [3.05, 3.63) is 46.5 Å². The van der Waals surface area contributed by atoms with E-state index in [2.05, 4.69) is 9.98 Å². The van der Waals surface area contributed by atoms with E-state index in [1.54, 1.807) is 22.9 Å². The van der Waals surface area contributed by atoms with Crippen molar-refractivity contribution in [2.75, 3.05) is 0 Å². The molecule has 104 valence electrons. The van der Waals surface area contributed by atoms with Gasteiger partial charge in [0.1, 0.15) is 5.82 Å². The molecule has 3 rings (SSSR count). The van der Waals surface area contributed by atoms with E-state index in [1.165, 1.54) is 6.20 Å². The first-order valence-corrected chi connectivity index (χ1v) is 6.64. The summed E-state index contributed by atoms with van der Waals surface area (Å²) in [5.41, 5.74) is 1.69. The quantitative estimate of drug-likeness (QED) is 0.877. The molecule has 0 atom stereocenters. The van der Waals surface area contributed by atoms with Gasteiger partial charge >= 0.3 is 5.97 Å². The Labute approximate surface area is 121 Å². The number of rotatable bonds is 1. The van der Waals surface area contributed by atoms with Crippen molar-refractivity contribution in [2.45, 2.75) is 20.4 Å². The maximum Gasteiger partial charge on any atom is 0.356 e. The number of carboxylic acids is 1. The summed E-state index contributed by atoms with van der Waals surface area (Å²) in [5.74, 6) is -0.445. The molecular weight excluding hydrogens is 278 g/mol. The minimum Gasteiger partial charge on any atom is -0.476 e. The molecule has 0 amide bonds. The van der Waals surface area contributed by atoms with Gasteiger partial charge in [-0.05, 0) is 18.2 Å². The predicted octanol–water partition coefficient (Wildman–Crippen LogP) is 3.18. The summed E-state index contributed by atoms with van der Waals surface area (Å²) in [5, 5.41) is 9.57. The summed E-state index contributed by atoms with van der Waals surface area (Å²) in [6.07, 6.45) is 3.22. The zero-order chi connectivity index (χ0) is 14.7. The van der Waals surface area contributed by atoms with Crippen molar-refractivity contribution in [1.82, 2.24) is 9.55 Å². The van der Waals surface area contributed by atoms with Gasteiger partial charge in [0, 0.05) is 23.0 Å². The highest BCUT2D eigenvalue weighted by Crippen LogP contribution is 2.23. The number of aromatic carboxylic acids is 1. The van der Waals surface area contributed by atoms with E-state index >= 15 is 0 Å². The van der Waals surface area contributed by atoms with Gasteiger partial charge in [-0.3, -0.25) is 4.99 Å². The minimum atomic E-state index is -1.05. The van der Waals surface area contributed by atoms with Gasteiger partial charge in [-0.15, -0.1) is 0 Å². The maximum atomic E-state index is 10.9. The fraction of sp³-hybridized carbons (Fsp3) is 0.214. The zero-order valence-corrected chi connectivity index (χ0v) is 11.9. The van der Waals surface area contributed by atoms with E-state index in [9.17, 15) is 4.79 Å². The van der Waals surface area contributed by atoms with Gasteiger partial charge < -0.3 is 9.67 Å². The normalized spacial score (nSPS) is 11.8. The van der Waals surface area contributed by atoms with Crippen LogP contribution >= 0.6 is 11.6 Å². The van der Waals surface area contributed by atoms with Crippen LogP contribution in [0.15, 0.2) is 29.4 Å². The summed E-state index contributed by atoms with van der Waals surface area (Å²) >= 11 is 5.93. The molecule has 2 heterocycles. The highest BCUT2D eigenvalue weighted by Gasteiger charge is 2.17. The molecule has 0 radical (unpaired) electrons. The number of aromatic nitrogens is 2. The monoisotopic (exact) mass is 291 g/mol. The molecule has 6 heteroatoms. The lowest BCUT2D eigenvalue weighted by Gasteiger charge is -2.07. The Morgan fingerprint density at radius 2 is 2.15 bits per heavy atom. The molecule has 1 N–H and O–H groups in total. The molecular formula is C14H14ClN3O2. The molecule has 0 bridgehead atoms. The van der Waals surface area contributed by atoms with Crippen molar-refractivity contribution in [3.8, 4) is 5.69 Å². The number of fused-ring (bicyclic) bond motifs is 3. The Balaban J connectivity index is 0.000000704. The summed E-state index contributed by atoms with van der Waals surface area (Å²) < 4.78 is 1.74. The fourth-order valence-corrected chi connectivity index (χ4v) is 2.10. The Morgan fingerprint density at radius 1 is 1.40 bits per heavy atom. The molecule has 5 nitrogen and oxygen atoms in total. The van der Waals surface area contributed by atoms with Gasteiger partial charge in [0.15, 0.2) is 5.69 Å². The van der Waals surface area contributed by atoms with Crippen LogP contribution in [-0.4, -0.2) is 26.8 Å². The molecule has 0 fully saturated rings. The van der Waals surface area contributed by atoms with Crippen LogP contribution < -0.4 is 0 Å². The topological polar surface area (TPSA) is 67.5 Å². The van der Waals surface area contributed by atoms with Crippen LogP contribution in [0.2, 0.25) is 5.02 Å². The predicted molar refractivity (Wildman–Crippen MR) is 78.2 cm³/mol. The van der Waals surface area contributed by atoms with E-state index in [-0.39, 0.29) is 5.69 Å². The molecule has 1 aliphatic rings. The van der Waals surface area contributed by atoms with Gasteiger partial charge in [-0.1, -0.05) is 25.4 Å². The molecule has 0 saturated heterocycles. The molecule has 0 saturated carbocycles. The van der Waals surface area contributed by atoms with Crippen molar-refractivity contribution in [3.63, 3.8) is 0 Å². The number of hydrogen-bond acceptors (Lipinski definition) is 3. The molecule has 0 spiro atoms. The van der Waals surface area contributed by atoms with E-state index in [0.717, 1.165) is 11.3 Å². The van der Waals surface area contributed by atoms with Crippen molar-refractivity contribution in [1.29, 1.82) is 0 Å². The smallest absolute Gasteiger partial charge is 0.356 e.